The second kappa shape index (κ2) is 7.23. The van der Waals surface area contributed by atoms with Crippen molar-refractivity contribution in [2.24, 2.45) is 0 Å². The van der Waals surface area contributed by atoms with Gasteiger partial charge in [0, 0.05) is 28.2 Å². The van der Waals surface area contributed by atoms with Gasteiger partial charge in [-0.3, -0.25) is 4.79 Å². The first-order valence-electron chi connectivity index (χ1n) is 7.33. The van der Waals surface area contributed by atoms with Crippen LogP contribution in [-0.2, 0) is 0 Å². The van der Waals surface area contributed by atoms with Crippen molar-refractivity contribution in [2.75, 3.05) is 10.6 Å². The van der Waals surface area contributed by atoms with E-state index in [0.717, 1.165) is 21.4 Å². The number of carbonyl (C=O) groups excluding carboxylic acids is 1. The molecule has 0 saturated heterocycles. The van der Waals surface area contributed by atoms with Crippen LogP contribution in [0, 0.1) is 6.92 Å². The smallest absolute Gasteiger partial charge is 0.258 e. The summed E-state index contributed by atoms with van der Waals surface area (Å²) in [7, 11) is 0. The van der Waals surface area contributed by atoms with E-state index >= 15 is 0 Å². The lowest BCUT2D eigenvalue weighted by molar-refractivity contribution is 0.102. The summed E-state index contributed by atoms with van der Waals surface area (Å²) in [6.07, 6.45) is 3.00. The van der Waals surface area contributed by atoms with E-state index in [-0.39, 0.29) is 5.91 Å². The van der Waals surface area contributed by atoms with Crippen molar-refractivity contribution in [1.29, 1.82) is 0 Å². The number of benzene rings is 2. The maximum atomic E-state index is 12.2. The zero-order chi connectivity index (χ0) is 16.9. The molecule has 5 nitrogen and oxygen atoms in total. The van der Waals surface area contributed by atoms with E-state index in [1.54, 1.807) is 0 Å². The number of nitrogens with one attached hydrogen (secondary N) is 2. The Balaban J connectivity index is 1.70. The molecular formula is C18H15BrN4O. The first-order valence-corrected chi connectivity index (χ1v) is 8.13. The molecule has 6 heteroatoms. The van der Waals surface area contributed by atoms with Crippen LogP contribution >= 0.6 is 15.9 Å². The number of nitrogens with zero attached hydrogens (tertiary/aromatic N) is 2. The Kier molecular flexibility index (Phi) is 4.86. The highest BCUT2D eigenvalue weighted by molar-refractivity contribution is 9.10. The predicted octanol–water partition coefficient (Wildman–Crippen LogP) is 4.54. The fourth-order valence-electron chi connectivity index (χ4n) is 2.12. The Morgan fingerprint density at radius 1 is 1.04 bits per heavy atom. The minimum absolute atomic E-state index is 0.243. The van der Waals surface area contributed by atoms with Crippen LogP contribution in [0.5, 0.6) is 0 Å². The molecule has 3 rings (SSSR count). The van der Waals surface area contributed by atoms with E-state index in [4.69, 9.17) is 0 Å². The minimum Gasteiger partial charge on any atom is -0.324 e. The van der Waals surface area contributed by atoms with Crippen LogP contribution < -0.4 is 10.6 Å². The largest absolute Gasteiger partial charge is 0.324 e. The van der Waals surface area contributed by atoms with E-state index in [2.05, 4.69) is 36.5 Å². The van der Waals surface area contributed by atoms with E-state index in [1.165, 1.54) is 12.4 Å². The summed E-state index contributed by atoms with van der Waals surface area (Å²) in [6, 6.07) is 15.2. The lowest BCUT2D eigenvalue weighted by Crippen LogP contribution is -2.13. The molecule has 3 aromatic rings. The monoisotopic (exact) mass is 382 g/mol. The number of rotatable bonds is 4. The summed E-state index contributed by atoms with van der Waals surface area (Å²) >= 11 is 3.43. The Labute approximate surface area is 148 Å². The van der Waals surface area contributed by atoms with Crippen molar-refractivity contribution in [3.8, 4) is 0 Å². The van der Waals surface area contributed by atoms with Gasteiger partial charge in [-0.25, -0.2) is 9.97 Å². The fourth-order valence-corrected chi connectivity index (χ4v) is 2.60. The third-order valence-corrected chi connectivity index (χ3v) is 3.87. The number of para-hydroxylation sites is 1. The van der Waals surface area contributed by atoms with Gasteiger partial charge in [0.25, 0.3) is 5.91 Å². The lowest BCUT2D eigenvalue weighted by Gasteiger charge is -2.09. The zero-order valence-corrected chi connectivity index (χ0v) is 14.5. The van der Waals surface area contributed by atoms with Gasteiger partial charge in [0.1, 0.15) is 0 Å². The number of halogens is 1. The van der Waals surface area contributed by atoms with Gasteiger partial charge in [-0.05, 0) is 42.8 Å². The molecule has 2 aromatic carbocycles. The Hall–Kier alpha value is -2.73. The fraction of sp³-hybridized carbons (Fsp3) is 0.0556. The van der Waals surface area contributed by atoms with Gasteiger partial charge in [0.05, 0.1) is 5.56 Å². The molecule has 1 heterocycles. The van der Waals surface area contributed by atoms with E-state index < -0.39 is 0 Å². The molecule has 0 saturated carbocycles. The van der Waals surface area contributed by atoms with Crippen molar-refractivity contribution in [3.63, 3.8) is 0 Å². The number of carbonyl (C=O) groups is 1. The standard InChI is InChI=1S/C18H15BrN4O/c1-12-9-14(19)7-8-16(12)23-18-20-10-13(11-21-18)17(24)22-15-5-3-2-4-6-15/h2-11H,1H3,(H,22,24)(H,20,21,23). The molecule has 0 unspecified atom stereocenters. The quantitative estimate of drug-likeness (QED) is 0.694. The average molecular weight is 383 g/mol. The zero-order valence-electron chi connectivity index (χ0n) is 13.0. The van der Waals surface area contributed by atoms with Gasteiger partial charge in [-0.1, -0.05) is 34.1 Å². The van der Waals surface area contributed by atoms with Gasteiger partial charge in [0.2, 0.25) is 5.95 Å². The number of anilines is 3. The van der Waals surface area contributed by atoms with Gasteiger partial charge in [-0.15, -0.1) is 0 Å². The maximum absolute atomic E-state index is 12.2. The van der Waals surface area contributed by atoms with E-state index in [0.29, 0.717) is 11.5 Å². The predicted molar refractivity (Wildman–Crippen MR) is 98.6 cm³/mol. The third kappa shape index (κ3) is 3.97. The summed E-state index contributed by atoms with van der Waals surface area (Å²) in [6.45, 7) is 1.99. The molecule has 0 aliphatic carbocycles. The minimum atomic E-state index is -0.243. The second-order valence-corrected chi connectivity index (χ2v) is 6.12. The van der Waals surface area contributed by atoms with Crippen LogP contribution in [0.2, 0.25) is 0 Å². The number of aromatic nitrogens is 2. The number of hydrogen-bond acceptors (Lipinski definition) is 4. The first kappa shape index (κ1) is 16.1. The van der Waals surface area contributed by atoms with Crippen LogP contribution in [0.3, 0.4) is 0 Å². The molecule has 0 fully saturated rings. The van der Waals surface area contributed by atoms with Crippen molar-refractivity contribution in [3.05, 3.63) is 76.5 Å². The van der Waals surface area contributed by atoms with Gasteiger partial charge in [0.15, 0.2) is 0 Å². The molecular weight excluding hydrogens is 368 g/mol. The molecule has 0 bridgehead atoms. The molecule has 24 heavy (non-hydrogen) atoms. The van der Waals surface area contributed by atoms with Gasteiger partial charge >= 0.3 is 0 Å². The lowest BCUT2D eigenvalue weighted by atomic mass is 10.2. The number of aryl methyl sites for hydroxylation is 1. The average Bonchev–Trinajstić information content (AvgIpc) is 2.59. The van der Waals surface area contributed by atoms with Crippen molar-refractivity contribution >= 4 is 39.2 Å². The van der Waals surface area contributed by atoms with E-state index in [9.17, 15) is 4.79 Å². The Morgan fingerprint density at radius 3 is 2.42 bits per heavy atom. The highest BCUT2D eigenvalue weighted by atomic mass is 79.9. The molecule has 1 aromatic heterocycles. The topological polar surface area (TPSA) is 66.9 Å². The second-order valence-electron chi connectivity index (χ2n) is 5.20. The SMILES string of the molecule is Cc1cc(Br)ccc1Nc1ncc(C(=O)Nc2ccccc2)cn1. The summed E-state index contributed by atoms with van der Waals surface area (Å²) in [5, 5.41) is 5.94. The molecule has 1 amide bonds. The van der Waals surface area contributed by atoms with Crippen molar-refractivity contribution in [1.82, 2.24) is 9.97 Å². The molecule has 0 atom stereocenters. The van der Waals surface area contributed by atoms with Crippen LogP contribution in [0.15, 0.2) is 65.4 Å². The van der Waals surface area contributed by atoms with Gasteiger partial charge < -0.3 is 10.6 Å². The highest BCUT2D eigenvalue weighted by Gasteiger charge is 2.08. The summed E-state index contributed by atoms with van der Waals surface area (Å²) in [4.78, 5) is 20.6. The van der Waals surface area contributed by atoms with Crippen LogP contribution in [0.4, 0.5) is 17.3 Å². The Morgan fingerprint density at radius 2 is 1.75 bits per heavy atom. The maximum Gasteiger partial charge on any atom is 0.258 e. The highest BCUT2D eigenvalue weighted by Crippen LogP contribution is 2.22. The Bertz CT molecular complexity index is 851. The molecule has 2 N–H and O–H groups in total. The molecule has 120 valence electrons. The molecule has 0 aliphatic rings. The summed E-state index contributed by atoms with van der Waals surface area (Å²) in [5.74, 6) is 0.198. The summed E-state index contributed by atoms with van der Waals surface area (Å²) in [5.41, 5.74) is 3.12. The van der Waals surface area contributed by atoms with Crippen LogP contribution in [0.1, 0.15) is 15.9 Å². The number of hydrogen-bond donors (Lipinski definition) is 2. The normalized spacial score (nSPS) is 10.2. The van der Waals surface area contributed by atoms with E-state index in [1.807, 2.05) is 55.5 Å². The van der Waals surface area contributed by atoms with Crippen LogP contribution in [0.25, 0.3) is 0 Å². The van der Waals surface area contributed by atoms with Crippen molar-refractivity contribution in [2.45, 2.75) is 6.92 Å². The van der Waals surface area contributed by atoms with Crippen LogP contribution in [-0.4, -0.2) is 15.9 Å². The first-order chi connectivity index (χ1) is 11.6. The molecule has 0 aliphatic heterocycles. The van der Waals surface area contributed by atoms with Crippen molar-refractivity contribution < 1.29 is 4.79 Å². The molecule has 0 radical (unpaired) electrons. The number of amides is 1. The van der Waals surface area contributed by atoms with Gasteiger partial charge in [-0.2, -0.15) is 0 Å². The third-order valence-electron chi connectivity index (χ3n) is 3.38. The summed E-state index contributed by atoms with van der Waals surface area (Å²) < 4.78 is 1.01. The molecule has 0 spiro atoms.